The van der Waals surface area contributed by atoms with Crippen LogP contribution in [0.25, 0.3) is 22.5 Å². The van der Waals surface area contributed by atoms with Gasteiger partial charge in [0, 0.05) is 5.02 Å². The second-order valence-electron chi connectivity index (χ2n) is 5.91. The zero-order valence-corrected chi connectivity index (χ0v) is 14.7. The molecule has 4 nitrogen and oxygen atoms in total. The predicted octanol–water partition coefficient (Wildman–Crippen LogP) is 5.59. The summed E-state index contributed by atoms with van der Waals surface area (Å²) in [7, 11) is 0. The Balaban J connectivity index is 1.87. The van der Waals surface area contributed by atoms with E-state index in [1.54, 1.807) is 24.3 Å². The molecule has 0 saturated heterocycles. The zero-order chi connectivity index (χ0) is 18.1. The van der Waals surface area contributed by atoms with Gasteiger partial charge in [-0.15, -0.1) is 0 Å². The van der Waals surface area contributed by atoms with Crippen LogP contribution in [0.3, 0.4) is 0 Å². The van der Waals surface area contributed by atoms with Crippen molar-refractivity contribution in [3.63, 3.8) is 0 Å². The van der Waals surface area contributed by atoms with Crippen molar-refractivity contribution in [3.8, 4) is 17.3 Å². The highest BCUT2D eigenvalue weighted by molar-refractivity contribution is 6.31. The van der Waals surface area contributed by atoms with E-state index in [1.807, 2.05) is 43.3 Å². The molecule has 0 aliphatic heterocycles. The van der Waals surface area contributed by atoms with Crippen molar-refractivity contribution in [2.75, 3.05) is 0 Å². The van der Waals surface area contributed by atoms with Crippen LogP contribution in [0.2, 0.25) is 5.02 Å². The second kappa shape index (κ2) is 6.73. The first-order chi connectivity index (χ1) is 12.6. The molecular formula is C21H15ClO4. The molecule has 5 heteroatoms. The van der Waals surface area contributed by atoms with E-state index in [1.165, 1.54) is 0 Å². The molecule has 0 saturated carbocycles. The molecule has 0 fully saturated rings. The minimum absolute atomic E-state index is 0.109. The summed E-state index contributed by atoms with van der Waals surface area (Å²) >= 11 is 6.04. The van der Waals surface area contributed by atoms with Gasteiger partial charge in [-0.05, 0) is 42.8 Å². The molecule has 0 unspecified atom stereocenters. The first-order valence-electron chi connectivity index (χ1n) is 8.12. The molecular weight excluding hydrogens is 352 g/mol. The minimum atomic E-state index is -0.284. The maximum atomic E-state index is 13.0. The minimum Gasteiger partial charge on any atom is -0.481 e. The Hall–Kier alpha value is -2.98. The van der Waals surface area contributed by atoms with Gasteiger partial charge in [0.25, 0.3) is 0 Å². The summed E-state index contributed by atoms with van der Waals surface area (Å²) in [6.07, 6.45) is 0. The summed E-state index contributed by atoms with van der Waals surface area (Å²) in [5, 5.41) is 0.827. The fraction of sp³-hybridized carbons (Fsp3) is 0.0952. The van der Waals surface area contributed by atoms with Crippen LogP contribution in [0.4, 0.5) is 0 Å². The number of fused-ring (bicyclic) bond motifs is 1. The Bertz CT molecular complexity index is 1130. The number of benzene rings is 2. The van der Waals surface area contributed by atoms with Crippen LogP contribution in [-0.4, -0.2) is 0 Å². The van der Waals surface area contributed by atoms with Gasteiger partial charge in [0.1, 0.15) is 18.0 Å². The molecule has 0 radical (unpaired) electrons. The molecule has 0 aliphatic rings. The highest BCUT2D eigenvalue weighted by atomic mass is 35.5. The van der Waals surface area contributed by atoms with Crippen LogP contribution in [0, 0.1) is 6.92 Å². The maximum absolute atomic E-state index is 13.0. The number of hydrogen-bond donors (Lipinski definition) is 0. The number of furan rings is 1. The molecule has 0 aliphatic carbocycles. The van der Waals surface area contributed by atoms with Crippen LogP contribution >= 0.6 is 11.6 Å². The van der Waals surface area contributed by atoms with Gasteiger partial charge in [-0.2, -0.15) is 0 Å². The van der Waals surface area contributed by atoms with E-state index in [2.05, 4.69) is 0 Å². The maximum Gasteiger partial charge on any atom is 0.235 e. The lowest BCUT2D eigenvalue weighted by Gasteiger charge is -2.10. The summed E-state index contributed by atoms with van der Waals surface area (Å²) in [5.74, 6) is 1.54. The van der Waals surface area contributed by atoms with E-state index >= 15 is 0 Å². The molecule has 0 amide bonds. The molecule has 0 bridgehead atoms. The van der Waals surface area contributed by atoms with Crippen molar-refractivity contribution in [2.45, 2.75) is 13.5 Å². The largest absolute Gasteiger partial charge is 0.481 e. The number of ether oxygens (including phenoxy) is 1. The smallest absolute Gasteiger partial charge is 0.235 e. The third-order valence-electron chi connectivity index (χ3n) is 4.00. The van der Waals surface area contributed by atoms with Gasteiger partial charge in [-0.25, -0.2) is 0 Å². The fourth-order valence-electron chi connectivity index (χ4n) is 2.73. The lowest BCUT2D eigenvalue weighted by molar-refractivity contribution is 0.296. The lowest BCUT2D eigenvalue weighted by Crippen LogP contribution is -2.10. The summed E-state index contributed by atoms with van der Waals surface area (Å²) < 4.78 is 17.4. The number of aryl methyl sites for hydroxylation is 1. The lowest BCUT2D eigenvalue weighted by atomic mass is 10.2. The average molecular weight is 367 g/mol. The Labute approximate surface area is 154 Å². The highest BCUT2D eigenvalue weighted by Gasteiger charge is 2.20. The van der Waals surface area contributed by atoms with E-state index < -0.39 is 0 Å². The van der Waals surface area contributed by atoms with Crippen molar-refractivity contribution in [1.82, 2.24) is 0 Å². The molecule has 4 rings (SSSR count). The monoisotopic (exact) mass is 366 g/mol. The van der Waals surface area contributed by atoms with Crippen LogP contribution in [-0.2, 0) is 6.61 Å². The number of hydrogen-bond acceptors (Lipinski definition) is 4. The van der Waals surface area contributed by atoms with E-state index in [9.17, 15) is 4.79 Å². The Kier molecular flexibility index (Phi) is 4.27. The Morgan fingerprint density at radius 1 is 1.00 bits per heavy atom. The van der Waals surface area contributed by atoms with E-state index in [0.29, 0.717) is 27.5 Å². The summed E-state index contributed by atoms with van der Waals surface area (Å²) in [6, 6.07) is 18.1. The van der Waals surface area contributed by atoms with Gasteiger partial charge in [0.2, 0.25) is 16.9 Å². The van der Waals surface area contributed by atoms with Crippen molar-refractivity contribution < 1.29 is 13.6 Å². The first-order valence-corrected chi connectivity index (χ1v) is 8.49. The standard InChI is InChI=1S/C21H15ClO4/c1-13-7-9-18(25-13)20-21(24-12-14-5-3-2-4-6-14)19(23)16-11-15(22)8-10-17(16)26-20/h2-11H,12H2,1H3. The summed E-state index contributed by atoms with van der Waals surface area (Å²) in [5.41, 5.74) is 1.09. The van der Waals surface area contributed by atoms with Crippen LogP contribution in [0.1, 0.15) is 11.3 Å². The summed E-state index contributed by atoms with van der Waals surface area (Å²) in [6.45, 7) is 2.07. The Morgan fingerprint density at radius 3 is 2.54 bits per heavy atom. The fourth-order valence-corrected chi connectivity index (χ4v) is 2.90. The van der Waals surface area contributed by atoms with Gasteiger partial charge in [0.15, 0.2) is 5.76 Å². The molecule has 2 aromatic heterocycles. The molecule has 26 heavy (non-hydrogen) atoms. The van der Waals surface area contributed by atoms with Crippen molar-refractivity contribution in [2.24, 2.45) is 0 Å². The van der Waals surface area contributed by atoms with Crippen LogP contribution < -0.4 is 10.2 Å². The molecule has 130 valence electrons. The third kappa shape index (κ3) is 3.11. The number of rotatable bonds is 4. The quantitative estimate of drug-likeness (QED) is 0.472. The SMILES string of the molecule is Cc1ccc(-c2oc3ccc(Cl)cc3c(=O)c2OCc2ccccc2)o1. The van der Waals surface area contributed by atoms with Gasteiger partial charge < -0.3 is 13.6 Å². The van der Waals surface area contributed by atoms with E-state index in [-0.39, 0.29) is 23.5 Å². The van der Waals surface area contributed by atoms with Gasteiger partial charge in [-0.3, -0.25) is 4.79 Å². The Morgan fingerprint density at radius 2 is 1.81 bits per heavy atom. The van der Waals surface area contributed by atoms with Crippen LogP contribution in [0.15, 0.2) is 74.3 Å². The van der Waals surface area contributed by atoms with Crippen molar-refractivity contribution >= 4 is 22.6 Å². The van der Waals surface area contributed by atoms with E-state index in [4.69, 9.17) is 25.2 Å². The third-order valence-corrected chi connectivity index (χ3v) is 4.24. The molecule has 2 aromatic carbocycles. The zero-order valence-electron chi connectivity index (χ0n) is 14.0. The topological polar surface area (TPSA) is 52.6 Å². The summed E-state index contributed by atoms with van der Waals surface area (Å²) in [4.78, 5) is 13.0. The van der Waals surface area contributed by atoms with Gasteiger partial charge in [0.05, 0.1) is 5.39 Å². The predicted molar refractivity (Wildman–Crippen MR) is 101 cm³/mol. The van der Waals surface area contributed by atoms with Crippen molar-refractivity contribution in [1.29, 1.82) is 0 Å². The van der Waals surface area contributed by atoms with Crippen molar-refractivity contribution in [3.05, 3.63) is 87.2 Å². The molecule has 2 heterocycles. The first kappa shape index (κ1) is 16.5. The molecule has 0 N–H and O–H groups in total. The van der Waals surface area contributed by atoms with Gasteiger partial charge in [-0.1, -0.05) is 41.9 Å². The number of halogens is 1. The molecule has 4 aromatic rings. The second-order valence-corrected chi connectivity index (χ2v) is 6.35. The normalized spacial score (nSPS) is 11.0. The molecule has 0 spiro atoms. The highest BCUT2D eigenvalue weighted by Crippen LogP contribution is 2.33. The van der Waals surface area contributed by atoms with E-state index in [0.717, 1.165) is 5.56 Å². The van der Waals surface area contributed by atoms with Gasteiger partial charge >= 0.3 is 0 Å². The molecule has 0 atom stereocenters. The average Bonchev–Trinajstić information content (AvgIpc) is 3.08. The van der Waals surface area contributed by atoms with Crippen LogP contribution in [0.5, 0.6) is 5.75 Å².